The standard InChI is InChI=1S/C38H44N6/c1-5-25(2)15-30(16-26(3)19-40-21-28-9-6-7-10-28)35-17-32(27(4)20-42-35)38(43-31-12-13-31)36-18-33-34(23-41-24-37(33)44-36)29-11-8-14-39-22-29/h5,8,11,14-18,20,22-25,28,31,40,44H,1,6-7,9-10,12-13,19,21H2,2-4H3/b26-16+,30-15+,43-38?/t25-/m0/s1. The smallest absolute Gasteiger partial charge is 0.0889 e. The predicted molar refractivity (Wildman–Crippen MR) is 183 cm³/mol. The van der Waals surface area contributed by atoms with Crippen molar-refractivity contribution in [2.24, 2.45) is 16.8 Å². The van der Waals surface area contributed by atoms with Gasteiger partial charge in [0.25, 0.3) is 0 Å². The van der Waals surface area contributed by atoms with Crippen LogP contribution in [0.4, 0.5) is 0 Å². The maximum atomic E-state index is 5.27. The first kappa shape index (κ1) is 29.9. The summed E-state index contributed by atoms with van der Waals surface area (Å²) in [5.41, 5.74) is 10.6. The van der Waals surface area contributed by atoms with Crippen LogP contribution in [-0.2, 0) is 0 Å². The fraction of sp³-hybridized carbons (Fsp3) is 0.368. The number of fused-ring (bicyclic) bond motifs is 1. The van der Waals surface area contributed by atoms with E-state index in [0.717, 1.165) is 87.7 Å². The lowest BCUT2D eigenvalue weighted by Crippen LogP contribution is -2.22. The Hall–Kier alpha value is -4.16. The van der Waals surface area contributed by atoms with Gasteiger partial charge in [-0.1, -0.05) is 49.6 Å². The first-order valence-electron chi connectivity index (χ1n) is 16.1. The number of H-pyrrole nitrogens is 1. The van der Waals surface area contributed by atoms with E-state index in [4.69, 9.17) is 9.98 Å². The van der Waals surface area contributed by atoms with Crippen molar-refractivity contribution in [2.45, 2.75) is 65.3 Å². The number of aryl methyl sites for hydroxylation is 1. The average molecular weight is 585 g/mol. The van der Waals surface area contributed by atoms with Crippen LogP contribution in [0.15, 0.2) is 90.6 Å². The van der Waals surface area contributed by atoms with Gasteiger partial charge in [-0.15, -0.1) is 6.58 Å². The third-order valence-electron chi connectivity index (χ3n) is 8.81. The van der Waals surface area contributed by atoms with Crippen molar-refractivity contribution in [3.63, 3.8) is 0 Å². The van der Waals surface area contributed by atoms with Crippen molar-refractivity contribution in [2.75, 3.05) is 13.1 Å². The number of nitrogens with one attached hydrogen (secondary N) is 2. The molecule has 4 aromatic rings. The Kier molecular flexibility index (Phi) is 9.27. The molecule has 0 saturated heterocycles. The fourth-order valence-corrected chi connectivity index (χ4v) is 6.10. The van der Waals surface area contributed by atoms with Gasteiger partial charge in [-0.3, -0.25) is 19.9 Å². The maximum absolute atomic E-state index is 5.27. The largest absolute Gasteiger partial charge is 0.352 e. The molecule has 2 saturated carbocycles. The molecule has 6 heteroatoms. The van der Waals surface area contributed by atoms with Gasteiger partial charge in [-0.2, -0.15) is 0 Å². The number of allylic oxidation sites excluding steroid dienone is 4. The summed E-state index contributed by atoms with van der Waals surface area (Å²) in [6, 6.07) is 8.83. The molecule has 2 aliphatic carbocycles. The maximum Gasteiger partial charge on any atom is 0.0889 e. The first-order valence-corrected chi connectivity index (χ1v) is 16.1. The first-order chi connectivity index (χ1) is 21.5. The van der Waals surface area contributed by atoms with Crippen molar-refractivity contribution in [1.82, 2.24) is 25.3 Å². The van der Waals surface area contributed by atoms with Crippen molar-refractivity contribution in [3.8, 4) is 11.1 Å². The molecule has 2 N–H and O–H groups in total. The molecule has 2 aliphatic rings. The molecule has 226 valence electrons. The van der Waals surface area contributed by atoms with E-state index >= 15 is 0 Å². The minimum Gasteiger partial charge on any atom is -0.352 e. The van der Waals surface area contributed by atoms with E-state index in [1.54, 1.807) is 6.20 Å². The number of hydrogen-bond acceptors (Lipinski definition) is 5. The number of hydrogen-bond donors (Lipinski definition) is 2. The second-order valence-electron chi connectivity index (χ2n) is 12.7. The van der Waals surface area contributed by atoms with Gasteiger partial charge >= 0.3 is 0 Å². The lowest BCUT2D eigenvalue weighted by Gasteiger charge is -2.14. The predicted octanol–water partition coefficient (Wildman–Crippen LogP) is 8.26. The van der Waals surface area contributed by atoms with Crippen LogP contribution in [0, 0.1) is 18.8 Å². The van der Waals surface area contributed by atoms with Gasteiger partial charge in [0, 0.05) is 53.4 Å². The van der Waals surface area contributed by atoms with E-state index in [1.807, 2.05) is 36.9 Å². The van der Waals surface area contributed by atoms with E-state index in [-0.39, 0.29) is 5.92 Å². The van der Waals surface area contributed by atoms with Crippen LogP contribution >= 0.6 is 0 Å². The van der Waals surface area contributed by atoms with Crippen LogP contribution < -0.4 is 5.32 Å². The highest BCUT2D eigenvalue weighted by molar-refractivity contribution is 6.15. The quantitative estimate of drug-likeness (QED) is 0.0998. The number of aliphatic imine (C=N–C) groups is 1. The molecular weight excluding hydrogens is 540 g/mol. The zero-order valence-electron chi connectivity index (χ0n) is 26.3. The Morgan fingerprint density at radius 3 is 2.70 bits per heavy atom. The topological polar surface area (TPSA) is 78.9 Å². The van der Waals surface area contributed by atoms with Gasteiger partial charge in [0.15, 0.2) is 0 Å². The minimum atomic E-state index is 0.221. The second kappa shape index (κ2) is 13.6. The van der Waals surface area contributed by atoms with Crippen LogP contribution in [0.2, 0.25) is 0 Å². The summed E-state index contributed by atoms with van der Waals surface area (Å²) < 4.78 is 0. The summed E-state index contributed by atoms with van der Waals surface area (Å²) >= 11 is 0. The molecule has 1 atom stereocenters. The minimum absolute atomic E-state index is 0.221. The second-order valence-corrected chi connectivity index (χ2v) is 12.7. The summed E-state index contributed by atoms with van der Waals surface area (Å²) in [7, 11) is 0. The van der Waals surface area contributed by atoms with E-state index in [9.17, 15) is 0 Å². The normalized spacial score (nSPS) is 17.4. The summed E-state index contributed by atoms with van der Waals surface area (Å²) in [5.74, 6) is 1.05. The van der Waals surface area contributed by atoms with Crippen LogP contribution in [0.25, 0.3) is 27.6 Å². The molecule has 0 spiro atoms. The SMILES string of the molecule is C=C[C@H](C)/C=C(\C=C(/C)CNCC1CCCC1)c1cc(C(=NC2CC2)c2cc3c(-c4cccnc4)cncc3[nH]2)c(C)cn1. The molecule has 6 rings (SSSR count). The van der Waals surface area contributed by atoms with Crippen LogP contribution in [-0.4, -0.2) is 44.8 Å². The van der Waals surface area contributed by atoms with E-state index in [1.165, 1.54) is 31.3 Å². The van der Waals surface area contributed by atoms with Crippen molar-refractivity contribution in [1.29, 1.82) is 0 Å². The van der Waals surface area contributed by atoms with Gasteiger partial charge in [0.05, 0.1) is 34.9 Å². The summed E-state index contributed by atoms with van der Waals surface area (Å²) in [6.45, 7) is 12.5. The molecule has 2 fully saturated rings. The summed E-state index contributed by atoms with van der Waals surface area (Å²) in [4.78, 5) is 22.7. The highest BCUT2D eigenvalue weighted by Crippen LogP contribution is 2.32. The van der Waals surface area contributed by atoms with Crippen molar-refractivity contribution in [3.05, 3.63) is 108 Å². The zero-order chi connectivity index (χ0) is 30.5. The third-order valence-corrected chi connectivity index (χ3v) is 8.81. The van der Waals surface area contributed by atoms with E-state index in [0.29, 0.717) is 6.04 Å². The molecular formula is C38H44N6. The molecule has 0 aromatic carbocycles. The van der Waals surface area contributed by atoms with Gasteiger partial charge in [-0.05, 0) is 87.2 Å². The fourth-order valence-electron chi connectivity index (χ4n) is 6.10. The number of pyridine rings is 3. The van der Waals surface area contributed by atoms with Crippen molar-refractivity contribution >= 4 is 22.2 Å². The van der Waals surface area contributed by atoms with Gasteiger partial charge in [0.1, 0.15) is 0 Å². The number of aromatic amines is 1. The molecule has 44 heavy (non-hydrogen) atoms. The summed E-state index contributed by atoms with van der Waals surface area (Å²) in [5, 5.41) is 4.81. The van der Waals surface area contributed by atoms with Crippen LogP contribution in [0.3, 0.4) is 0 Å². The Bertz CT molecular complexity index is 1700. The highest BCUT2D eigenvalue weighted by atomic mass is 14.9. The molecule has 0 bridgehead atoms. The Morgan fingerprint density at radius 1 is 1.11 bits per heavy atom. The summed E-state index contributed by atoms with van der Waals surface area (Å²) in [6.07, 6.45) is 23.7. The van der Waals surface area contributed by atoms with Gasteiger partial charge in [-0.25, -0.2) is 0 Å². The molecule has 0 aliphatic heterocycles. The highest BCUT2D eigenvalue weighted by Gasteiger charge is 2.24. The van der Waals surface area contributed by atoms with E-state index in [2.05, 4.69) is 78.0 Å². The lowest BCUT2D eigenvalue weighted by atomic mass is 9.97. The molecule has 0 amide bonds. The van der Waals surface area contributed by atoms with Gasteiger partial charge < -0.3 is 10.3 Å². The number of nitrogens with zero attached hydrogens (tertiary/aromatic N) is 4. The molecule has 0 unspecified atom stereocenters. The Balaban J connectivity index is 1.36. The molecule has 4 aromatic heterocycles. The number of aromatic nitrogens is 4. The Labute approximate surface area is 261 Å². The lowest BCUT2D eigenvalue weighted by molar-refractivity contribution is 0.502. The zero-order valence-corrected chi connectivity index (χ0v) is 26.3. The number of rotatable bonds is 12. The van der Waals surface area contributed by atoms with Crippen LogP contribution in [0.1, 0.15) is 74.9 Å². The molecule has 6 nitrogen and oxygen atoms in total. The molecule has 0 radical (unpaired) electrons. The molecule has 4 heterocycles. The van der Waals surface area contributed by atoms with Gasteiger partial charge in [0.2, 0.25) is 0 Å². The monoisotopic (exact) mass is 584 g/mol. The van der Waals surface area contributed by atoms with E-state index < -0.39 is 0 Å². The third kappa shape index (κ3) is 7.13. The Morgan fingerprint density at radius 2 is 1.95 bits per heavy atom. The van der Waals surface area contributed by atoms with Crippen LogP contribution in [0.5, 0.6) is 0 Å². The average Bonchev–Trinajstić information content (AvgIpc) is 3.51. The van der Waals surface area contributed by atoms with Crippen molar-refractivity contribution < 1.29 is 0 Å².